The number of morpholine rings is 1. The van der Waals surface area contributed by atoms with Crippen LogP contribution in [0, 0.1) is 0 Å². The van der Waals surface area contributed by atoms with Gasteiger partial charge in [0.2, 0.25) is 11.8 Å². The van der Waals surface area contributed by atoms with E-state index >= 15 is 0 Å². The van der Waals surface area contributed by atoms with Crippen molar-refractivity contribution < 1.29 is 14.3 Å². The third kappa shape index (κ3) is 5.63. The monoisotopic (exact) mass is 387 g/mol. The largest absolute Gasteiger partial charge is 0.378 e. The van der Waals surface area contributed by atoms with E-state index in [1.165, 1.54) is 0 Å². The number of nitrogens with zero attached hydrogens (tertiary/aromatic N) is 2. The number of carbonyl (C=O) groups is 2. The van der Waals surface area contributed by atoms with E-state index in [4.69, 9.17) is 4.74 Å². The molecule has 6 nitrogen and oxygen atoms in total. The fourth-order valence-corrected chi connectivity index (χ4v) is 3.87. The van der Waals surface area contributed by atoms with Crippen molar-refractivity contribution >= 4 is 23.2 Å². The van der Waals surface area contributed by atoms with Gasteiger partial charge in [0.05, 0.1) is 32.3 Å². The molecule has 1 fully saturated rings. The quantitative estimate of drug-likeness (QED) is 0.786. The molecule has 0 aliphatic carbocycles. The van der Waals surface area contributed by atoms with Crippen LogP contribution < -0.4 is 5.32 Å². The normalized spacial score (nSPS) is 15.6. The van der Waals surface area contributed by atoms with Crippen LogP contribution in [0.2, 0.25) is 0 Å². The first-order chi connectivity index (χ1) is 13.1. The highest BCUT2D eigenvalue weighted by Crippen LogP contribution is 2.25. The molecule has 0 spiro atoms. The van der Waals surface area contributed by atoms with Crippen LogP contribution in [-0.2, 0) is 14.3 Å². The molecule has 1 atom stereocenters. The topological polar surface area (TPSA) is 61.9 Å². The van der Waals surface area contributed by atoms with E-state index in [2.05, 4.69) is 5.32 Å². The predicted molar refractivity (Wildman–Crippen MR) is 106 cm³/mol. The molecule has 2 amide bonds. The van der Waals surface area contributed by atoms with E-state index in [1.54, 1.807) is 28.2 Å². The van der Waals surface area contributed by atoms with Crippen LogP contribution in [-0.4, -0.2) is 68.1 Å². The molecule has 1 N–H and O–H groups in total. The zero-order valence-corrected chi connectivity index (χ0v) is 16.3. The van der Waals surface area contributed by atoms with E-state index in [0.29, 0.717) is 26.3 Å². The maximum atomic E-state index is 12.6. The molecule has 2 aromatic rings. The lowest BCUT2D eigenvalue weighted by molar-refractivity contribution is -0.136. The third-order valence-corrected chi connectivity index (χ3v) is 5.39. The van der Waals surface area contributed by atoms with Crippen LogP contribution >= 0.6 is 11.3 Å². The number of carbonyl (C=O) groups excluding carboxylic acids is 2. The summed E-state index contributed by atoms with van der Waals surface area (Å²) in [6, 6.07) is 13.7. The Morgan fingerprint density at radius 3 is 2.56 bits per heavy atom. The number of thiophene rings is 1. The predicted octanol–water partition coefficient (Wildman–Crippen LogP) is 1.74. The molecule has 3 rings (SSSR count). The van der Waals surface area contributed by atoms with Gasteiger partial charge in [-0.25, -0.2) is 0 Å². The van der Waals surface area contributed by atoms with Gasteiger partial charge < -0.3 is 15.0 Å². The van der Waals surface area contributed by atoms with Gasteiger partial charge in [-0.05, 0) is 24.1 Å². The van der Waals surface area contributed by atoms with Crippen LogP contribution in [0.5, 0.6) is 0 Å². The van der Waals surface area contributed by atoms with Crippen molar-refractivity contribution in [1.29, 1.82) is 0 Å². The summed E-state index contributed by atoms with van der Waals surface area (Å²) in [6.07, 6.45) is 0. The van der Waals surface area contributed by atoms with Gasteiger partial charge in [0.25, 0.3) is 0 Å². The second-order valence-electron chi connectivity index (χ2n) is 6.59. The molecular weight excluding hydrogens is 362 g/mol. The number of ether oxygens (including phenoxy) is 1. The molecule has 0 radical (unpaired) electrons. The van der Waals surface area contributed by atoms with E-state index in [0.717, 1.165) is 10.4 Å². The number of likely N-dealkylation sites (N-methyl/N-ethyl adjacent to an activating group) is 1. The Labute approximate surface area is 163 Å². The summed E-state index contributed by atoms with van der Waals surface area (Å²) in [5.41, 5.74) is 1.04. The van der Waals surface area contributed by atoms with E-state index in [1.807, 2.05) is 47.8 Å². The minimum atomic E-state index is -0.179. The molecule has 144 valence electrons. The van der Waals surface area contributed by atoms with E-state index in [9.17, 15) is 9.59 Å². The van der Waals surface area contributed by atoms with Crippen molar-refractivity contribution in [2.24, 2.45) is 0 Å². The van der Waals surface area contributed by atoms with Crippen molar-refractivity contribution in [2.45, 2.75) is 6.04 Å². The molecule has 1 saturated heterocycles. The molecule has 1 aromatic heterocycles. The number of amides is 2. The van der Waals surface area contributed by atoms with Gasteiger partial charge in [0.1, 0.15) is 0 Å². The average Bonchev–Trinajstić information content (AvgIpc) is 3.22. The highest BCUT2D eigenvalue weighted by molar-refractivity contribution is 7.10. The van der Waals surface area contributed by atoms with Crippen LogP contribution in [0.4, 0.5) is 0 Å². The number of benzene rings is 1. The van der Waals surface area contributed by atoms with Gasteiger partial charge in [-0.1, -0.05) is 36.4 Å². The molecule has 1 aromatic carbocycles. The maximum Gasteiger partial charge on any atom is 0.236 e. The van der Waals surface area contributed by atoms with Gasteiger partial charge in [0, 0.05) is 18.0 Å². The first-order valence-electron chi connectivity index (χ1n) is 9.05. The summed E-state index contributed by atoms with van der Waals surface area (Å²) in [7, 11) is 1.79. The number of hydrogen-bond donors (Lipinski definition) is 1. The minimum absolute atomic E-state index is 0.0338. The van der Waals surface area contributed by atoms with Gasteiger partial charge >= 0.3 is 0 Å². The van der Waals surface area contributed by atoms with Crippen LogP contribution in [0.25, 0.3) is 0 Å². The lowest BCUT2D eigenvalue weighted by Gasteiger charge is -2.28. The fourth-order valence-electron chi connectivity index (χ4n) is 3.07. The molecule has 7 heteroatoms. The Kier molecular flexibility index (Phi) is 6.98. The first kappa shape index (κ1) is 19.5. The van der Waals surface area contributed by atoms with Crippen molar-refractivity contribution in [2.75, 3.05) is 46.4 Å². The van der Waals surface area contributed by atoms with Crippen LogP contribution in [0.15, 0.2) is 47.8 Å². The Morgan fingerprint density at radius 2 is 1.89 bits per heavy atom. The summed E-state index contributed by atoms with van der Waals surface area (Å²) < 4.78 is 5.27. The van der Waals surface area contributed by atoms with Gasteiger partial charge in [-0.15, -0.1) is 11.3 Å². The number of nitrogens with one attached hydrogen (secondary N) is 1. The summed E-state index contributed by atoms with van der Waals surface area (Å²) in [5.74, 6) is -0.0685. The molecule has 2 heterocycles. The second-order valence-corrected chi connectivity index (χ2v) is 7.57. The Morgan fingerprint density at radius 1 is 1.15 bits per heavy atom. The fraction of sp³-hybridized carbons (Fsp3) is 0.400. The first-order valence-corrected chi connectivity index (χ1v) is 9.93. The van der Waals surface area contributed by atoms with Crippen molar-refractivity contribution in [3.05, 3.63) is 58.3 Å². The molecule has 1 aliphatic heterocycles. The highest BCUT2D eigenvalue weighted by atomic mass is 32.1. The molecule has 27 heavy (non-hydrogen) atoms. The highest BCUT2D eigenvalue weighted by Gasteiger charge is 2.21. The molecule has 1 aliphatic rings. The third-order valence-electron chi connectivity index (χ3n) is 4.45. The summed E-state index contributed by atoms with van der Waals surface area (Å²) in [5, 5.41) is 5.11. The van der Waals surface area contributed by atoms with E-state index < -0.39 is 0 Å². The van der Waals surface area contributed by atoms with Crippen molar-refractivity contribution in [3.63, 3.8) is 0 Å². The SMILES string of the molecule is CN(CC(=O)N[C@@H](c1ccccc1)c1cccs1)CC(=O)N1CCOCC1. The molecular formula is C20H25N3O3S. The van der Waals surface area contributed by atoms with Crippen molar-refractivity contribution in [3.8, 4) is 0 Å². The van der Waals surface area contributed by atoms with Gasteiger partial charge in [-0.3, -0.25) is 14.5 Å². The minimum Gasteiger partial charge on any atom is -0.378 e. The zero-order chi connectivity index (χ0) is 19.1. The molecule has 0 unspecified atom stereocenters. The van der Waals surface area contributed by atoms with E-state index in [-0.39, 0.29) is 30.9 Å². The van der Waals surface area contributed by atoms with Gasteiger partial charge in [-0.2, -0.15) is 0 Å². The second kappa shape index (κ2) is 9.64. The van der Waals surface area contributed by atoms with Gasteiger partial charge in [0.15, 0.2) is 0 Å². The number of hydrogen-bond acceptors (Lipinski definition) is 5. The Balaban J connectivity index is 1.56. The molecule has 0 bridgehead atoms. The Hall–Kier alpha value is -2.22. The standard InChI is InChI=1S/C20H25N3O3S/c1-22(15-19(25)23-9-11-26-12-10-23)14-18(24)21-20(17-8-5-13-27-17)16-6-3-2-4-7-16/h2-8,13,20H,9-12,14-15H2,1H3,(H,21,24)/t20-/m0/s1. The molecule has 0 saturated carbocycles. The average molecular weight is 388 g/mol. The zero-order valence-electron chi connectivity index (χ0n) is 15.5. The smallest absolute Gasteiger partial charge is 0.236 e. The summed E-state index contributed by atoms with van der Waals surface area (Å²) >= 11 is 1.62. The number of rotatable bonds is 7. The maximum absolute atomic E-state index is 12.6. The van der Waals surface area contributed by atoms with Crippen LogP contribution in [0.1, 0.15) is 16.5 Å². The lowest BCUT2D eigenvalue weighted by atomic mass is 10.1. The summed E-state index contributed by atoms with van der Waals surface area (Å²) in [4.78, 5) is 29.5. The van der Waals surface area contributed by atoms with Crippen LogP contribution in [0.3, 0.4) is 0 Å². The lowest BCUT2D eigenvalue weighted by Crippen LogP contribution is -2.46. The Bertz CT molecular complexity index is 730. The van der Waals surface area contributed by atoms with Crippen molar-refractivity contribution in [1.82, 2.24) is 15.1 Å². The summed E-state index contributed by atoms with van der Waals surface area (Å²) in [6.45, 7) is 2.79.